The molecule has 1 aliphatic carbocycles. The van der Waals surface area contributed by atoms with Crippen LogP contribution in [-0.4, -0.2) is 44.1 Å². The highest BCUT2D eigenvalue weighted by molar-refractivity contribution is 7.53. The molecule has 0 amide bonds. The molecule has 0 atom stereocenters. The number of aromatic nitrogens is 3. The highest BCUT2D eigenvalue weighted by Crippen LogP contribution is 2.51. The number of hydrogen-bond acceptors (Lipinski definition) is 9. The lowest BCUT2D eigenvalue weighted by Gasteiger charge is -2.26. The molecule has 1 saturated carbocycles. The molecule has 2 aromatic heterocycles. The van der Waals surface area contributed by atoms with Crippen molar-refractivity contribution in [2.75, 3.05) is 23.8 Å². The van der Waals surface area contributed by atoms with Crippen molar-refractivity contribution < 1.29 is 37.0 Å². The first-order valence-corrected chi connectivity index (χ1v) is 16.6. The number of nitrogens with one attached hydrogen (secondary N) is 2. The Hall–Kier alpha value is -3.64. The van der Waals surface area contributed by atoms with Gasteiger partial charge in [-0.1, -0.05) is 18.2 Å². The fraction of sp³-hybridized carbons (Fsp3) is 0.419. The highest BCUT2D eigenvalue weighted by atomic mass is 31.2. The fourth-order valence-corrected chi connectivity index (χ4v) is 7.44. The monoisotopic (exact) mass is 647 g/mol. The Morgan fingerprint density at radius 1 is 1.02 bits per heavy atom. The standard InChI is InChI=1S/C31H37F3N5O5P/c1-4-43-45(42,44-5-2)18-19-6-10-21(11-7-19)36-30-35-16-25(31(32,33)34)28(38-30)37-26-15-14-23(20-8-12-22(40)13-9-20)24-17-39(3)29(41)27(24)26/h6-7,10-11,14-17,20,22,40-41H,4-5,8-9,12-13,18H2,1-3H3,(H2,35,36,37,38). The largest absolute Gasteiger partial charge is 0.494 e. The first-order chi connectivity index (χ1) is 21.4. The van der Waals surface area contributed by atoms with Crippen molar-refractivity contribution in [2.45, 2.75) is 63.9 Å². The van der Waals surface area contributed by atoms with Gasteiger partial charge in [0.15, 0.2) is 0 Å². The molecular weight excluding hydrogens is 610 g/mol. The summed E-state index contributed by atoms with van der Waals surface area (Å²) in [5.74, 6) is -0.504. The summed E-state index contributed by atoms with van der Waals surface area (Å²) in [6.45, 7) is 3.94. The SMILES string of the molecule is CCOP(=O)(Cc1ccc(Nc2ncc(C(F)(F)F)c(Nc3ccc(C4CCC(O)CC4)c4cn(C)c(O)c34)n2)cc1)OCC. The molecule has 0 aliphatic heterocycles. The smallest absolute Gasteiger partial charge is 0.421 e. The number of hydrogen-bond donors (Lipinski definition) is 4. The van der Waals surface area contributed by atoms with Crippen molar-refractivity contribution >= 4 is 41.5 Å². The Balaban J connectivity index is 1.43. The van der Waals surface area contributed by atoms with Crippen LogP contribution in [-0.2, 0) is 33.0 Å². The van der Waals surface area contributed by atoms with E-state index in [4.69, 9.17) is 9.05 Å². The molecule has 10 nitrogen and oxygen atoms in total. The van der Waals surface area contributed by atoms with Crippen LogP contribution in [0.3, 0.4) is 0 Å². The van der Waals surface area contributed by atoms with Gasteiger partial charge >= 0.3 is 13.8 Å². The number of alkyl halides is 3. The van der Waals surface area contributed by atoms with Gasteiger partial charge < -0.3 is 34.5 Å². The second kappa shape index (κ2) is 13.4. The molecule has 1 aliphatic rings. The number of rotatable bonds is 11. The summed E-state index contributed by atoms with van der Waals surface area (Å²) in [5.41, 5.74) is 1.36. The normalized spacial score (nSPS) is 17.5. The topological polar surface area (TPSA) is 131 Å². The third-order valence-electron chi connectivity index (χ3n) is 7.88. The molecule has 0 spiro atoms. The maximum absolute atomic E-state index is 14.1. The van der Waals surface area contributed by atoms with Gasteiger partial charge in [0.05, 0.1) is 36.6 Å². The van der Waals surface area contributed by atoms with Gasteiger partial charge in [0.25, 0.3) is 0 Å². The van der Waals surface area contributed by atoms with Crippen LogP contribution in [0.4, 0.5) is 36.3 Å². The van der Waals surface area contributed by atoms with E-state index in [0.29, 0.717) is 35.7 Å². The van der Waals surface area contributed by atoms with Crippen LogP contribution in [0.2, 0.25) is 0 Å². The molecule has 2 aromatic carbocycles. The van der Waals surface area contributed by atoms with Gasteiger partial charge in [-0.25, -0.2) is 4.98 Å². The molecule has 4 N–H and O–H groups in total. The van der Waals surface area contributed by atoms with Gasteiger partial charge in [0.2, 0.25) is 11.8 Å². The molecule has 242 valence electrons. The summed E-state index contributed by atoms with van der Waals surface area (Å²) in [6.07, 6.45) is 0.339. The summed E-state index contributed by atoms with van der Waals surface area (Å²) in [5, 5.41) is 27.7. The minimum absolute atomic E-state index is 0.0715. The number of aromatic hydroxyl groups is 1. The number of nitrogens with zero attached hydrogens (tertiary/aromatic N) is 3. The van der Waals surface area contributed by atoms with E-state index in [1.807, 2.05) is 6.07 Å². The predicted octanol–water partition coefficient (Wildman–Crippen LogP) is 7.96. The molecule has 2 heterocycles. The van der Waals surface area contributed by atoms with E-state index in [1.165, 1.54) is 4.57 Å². The highest BCUT2D eigenvalue weighted by Gasteiger charge is 2.36. The maximum Gasteiger partial charge on any atom is 0.421 e. The summed E-state index contributed by atoms with van der Waals surface area (Å²) >= 11 is 0. The van der Waals surface area contributed by atoms with Gasteiger partial charge in [0.1, 0.15) is 11.4 Å². The summed E-state index contributed by atoms with van der Waals surface area (Å²) < 4.78 is 67.3. The molecule has 5 rings (SSSR count). The number of benzene rings is 2. The Kier molecular flexibility index (Phi) is 9.74. The van der Waals surface area contributed by atoms with Crippen LogP contribution in [0.5, 0.6) is 5.88 Å². The number of halogens is 3. The van der Waals surface area contributed by atoms with Crippen molar-refractivity contribution in [3.05, 3.63) is 65.5 Å². The number of aryl methyl sites for hydroxylation is 1. The molecule has 4 aromatic rings. The second-order valence-corrected chi connectivity index (χ2v) is 13.1. The lowest BCUT2D eigenvalue weighted by Crippen LogP contribution is -2.17. The average molecular weight is 648 g/mol. The maximum atomic E-state index is 14.1. The Morgan fingerprint density at radius 2 is 1.69 bits per heavy atom. The zero-order valence-electron chi connectivity index (χ0n) is 25.3. The first-order valence-electron chi connectivity index (χ1n) is 14.8. The predicted molar refractivity (Wildman–Crippen MR) is 166 cm³/mol. The summed E-state index contributed by atoms with van der Waals surface area (Å²) in [4.78, 5) is 8.07. The van der Waals surface area contributed by atoms with Crippen LogP contribution in [0.1, 0.15) is 62.1 Å². The number of fused-ring (bicyclic) bond motifs is 1. The quantitative estimate of drug-likeness (QED) is 0.120. The summed E-state index contributed by atoms with van der Waals surface area (Å²) in [6, 6.07) is 10.3. The van der Waals surface area contributed by atoms with Crippen molar-refractivity contribution in [1.82, 2.24) is 14.5 Å². The van der Waals surface area contributed by atoms with Gasteiger partial charge in [-0.3, -0.25) is 4.57 Å². The van der Waals surface area contributed by atoms with Gasteiger partial charge in [-0.15, -0.1) is 0 Å². The van der Waals surface area contributed by atoms with E-state index in [2.05, 4.69) is 20.6 Å². The van der Waals surface area contributed by atoms with E-state index < -0.39 is 25.2 Å². The Morgan fingerprint density at radius 3 is 2.31 bits per heavy atom. The van der Waals surface area contributed by atoms with Crippen molar-refractivity contribution in [3.8, 4) is 5.88 Å². The van der Waals surface area contributed by atoms with Gasteiger partial charge in [-0.2, -0.15) is 18.2 Å². The molecule has 14 heteroatoms. The van der Waals surface area contributed by atoms with Crippen LogP contribution in [0, 0.1) is 0 Å². The number of anilines is 4. The van der Waals surface area contributed by atoms with Crippen molar-refractivity contribution in [1.29, 1.82) is 0 Å². The van der Waals surface area contributed by atoms with Crippen LogP contribution >= 0.6 is 7.60 Å². The van der Waals surface area contributed by atoms with E-state index in [0.717, 1.165) is 23.8 Å². The zero-order chi connectivity index (χ0) is 32.4. The van der Waals surface area contributed by atoms with Crippen LogP contribution in [0.15, 0.2) is 48.8 Å². The molecule has 0 radical (unpaired) electrons. The summed E-state index contributed by atoms with van der Waals surface area (Å²) in [7, 11) is -1.64. The van der Waals surface area contributed by atoms with Gasteiger partial charge in [-0.05, 0) is 74.8 Å². The lowest BCUT2D eigenvalue weighted by molar-refractivity contribution is -0.137. The molecule has 0 saturated heterocycles. The fourth-order valence-electron chi connectivity index (χ4n) is 5.73. The van der Waals surface area contributed by atoms with E-state index in [-0.39, 0.29) is 48.9 Å². The minimum atomic E-state index is -4.75. The number of aliphatic hydroxyl groups is 1. The first kappa shape index (κ1) is 32.7. The number of aliphatic hydroxyl groups excluding tert-OH is 1. The molecule has 45 heavy (non-hydrogen) atoms. The van der Waals surface area contributed by atoms with Crippen molar-refractivity contribution in [2.24, 2.45) is 7.05 Å². The second-order valence-electron chi connectivity index (χ2n) is 11.1. The molecule has 1 fully saturated rings. The van der Waals surface area contributed by atoms with Crippen LogP contribution < -0.4 is 10.6 Å². The third-order valence-corrected chi connectivity index (χ3v) is 9.94. The van der Waals surface area contributed by atoms with E-state index >= 15 is 0 Å². The third kappa shape index (κ3) is 7.44. The zero-order valence-corrected chi connectivity index (χ0v) is 26.2. The lowest BCUT2D eigenvalue weighted by atomic mass is 9.81. The van der Waals surface area contributed by atoms with E-state index in [9.17, 15) is 27.9 Å². The van der Waals surface area contributed by atoms with Crippen molar-refractivity contribution in [3.63, 3.8) is 0 Å². The van der Waals surface area contributed by atoms with Crippen LogP contribution in [0.25, 0.3) is 10.8 Å². The molecular formula is C31H37F3N5O5P. The van der Waals surface area contributed by atoms with E-state index in [1.54, 1.807) is 57.4 Å². The molecule has 0 unspecified atom stereocenters. The molecule has 0 bridgehead atoms. The average Bonchev–Trinajstić information content (AvgIpc) is 3.28. The minimum Gasteiger partial charge on any atom is -0.494 e. The van der Waals surface area contributed by atoms with Gasteiger partial charge in [0, 0.05) is 30.5 Å². The Bertz CT molecular complexity index is 1680. The Labute approximate surface area is 259 Å².